The van der Waals surface area contributed by atoms with Gasteiger partial charge in [-0.15, -0.1) is 0 Å². The van der Waals surface area contributed by atoms with Crippen molar-refractivity contribution in [2.75, 3.05) is 23.3 Å². The lowest BCUT2D eigenvalue weighted by molar-refractivity contribution is -0.127. The number of benzene rings is 2. The fourth-order valence-corrected chi connectivity index (χ4v) is 3.29. The fraction of sp³-hybridized carbons (Fsp3) is 0.211. The first-order valence-corrected chi connectivity index (χ1v) is 9.32. The largest absolute Gasteiger partial charge is 0.347 e. The summed E-state index contributed by atoms with van der Waals surface area (Å²) < 4.78 is 40.5. The van der Waals surface area contributed by atoms with Crippen molar-refractivity contribution in [3.63, 3.8) is 0 Å². The first-order chi connectivity index (χ1) is 13.8. The Bertz CT molecular complexity index is 986. The van der Waals surface area contributed by atoms with Crippen LogP contribution >= 0.6 is 15.9 Å². The lowest BCUT2D eigenvalue weighted by Crippen LogP contribution is -2.38. The predicted octanol–water partition coefficient (Wildman–Crippen LogP) is 2.97. The van der Waals surface area contributed by atoms with Crippen LogP contribution in [0.2, 0.25) is 0 Å². The molecule has 2 aromatic carbocycles. The van der Waals surface area contributed by atoms with Crippen LogP contribution in [0.4, 0.5) is 24.5 Å². The van der Waals surface area contributed by atoms with Crippen LogP contribution in [0.5, 0.6) is 0 Å². The molecule has 6 nitrogen and oxygen atoms in total. The number of carbonyl (C=O) groups excluding carboxylic acids is 3. The second kappa shape index (κ2) is 8.64. The first-order valence-electron chi connectivity index (χ1n) is 8.53. The third-order valence-corrected chi connectivity index (χ3v) is 4.84. The van der Waals surface area contributed by atoms with E-state index in [-0.39, 0.29) is 18.9 Å². The van der Waals surface area contributed by atoms with E-state index in [2.05, 4.69) is 26.6 Å². The summed E-state index contributed by atoms with van der Waals surface area (Å²) in [7, 11) is 0. The molecular formula is C19H15BrF3N3O3. The van der Waals surface area contributed by atoms with Gasteiger partial charge in [-0.3, -0.25) is 14.4 Å². The topological polar surface area (TPSA) is 78.5 Å². The molecule has 1 unspecified atom stereocenters. The van der Waals surface area contributed by atoms with Gasteiger partial charge in [0.1, 0.15) is 0 Å². The number of anilines is 2. The molecule has 2 N–H and O–H groups in total. The summed E-state index contributed by atoms with van der Waals surface area (Å²) in [6, 6.07) is 8.62. The monoisotopic (exact) mass is 469 g/mol. The van der Waals surface area contributed by atoms with Gasteiger partial charge in [-0.05, 0) is 30.3 Å². The highest BCUT2D eigenvalue weighted by molar-refractivity contribution is 9.10. The van der Waals surface area contributed by atoms with Crippen LogP contribution in [0.25, 0.3) is 0 Å². The summed E-state index contributed by atoms with van der Waals surface area (Å²) in [4.78, 5) is 37.9. The van der Waals surface area contributed by atoms with Crippen LogP contribution in [0.15, 0.2) is 40.9 Å². The molecule has 152 valence electrons. The standard InChI is InChI=1S/C19H15BrF3N3O3/c20-11-2-1-3-12(7-11)26-9-10(6-16(26)28)19(29)24-8-15(27)25-14-5-4-13(21)17(22)18(14)23/h1-5,7,10H,6,8-9H2,(H,24,29)(H,25,27). The van der Waals surface area contributed by atoms with Gasteiger partial charge in [-0.25, -0.2) is 13.2 Å². The molecule has 1 heterocycles. The van der Waals surface area contributed by atoms with Crippen LogP contribution in [-0.4, -0.2) is 30.8 Å². The quantitative estimate of drug-likeness (QED) is 0.660. The van der Waals surface area contributed by atoms with E-state index in [1.807, 2.05) is 6.07 Å². The molecule has 1 atom stereocenters. The van der Waals surface area contributed by atoms with E-state index in [9.17, 15) is 27.6 Å². The van der Waals surface area contributed by atoms with Crippen molar-refractivity contribution in [3.8, 4) is 0 Å². The third kappa shape index (κ3) is 4.76. The molecule has 0 aliphatic carbocycles. The Balaban J connectivity index is 1.55. The number of amides is 3. The van der Waals surface area contributed by atoms with Gasteiger partial charge in [0.25, 0.3) is 0 Å². The van der Waals surface area contributed by atoms with Crippen molar-refractivity contribution in [1.29, 1.82) is 0 Å². The van der Waals surface area contributed by atoms with Crippen LogP contribution < -0.4 is 15.5 Å². The number of hydrogen-bond acceptors (Lipinski definition) is 3. The molecule has 1 fully saturated rings. The molecule has 1 saturated heterocycles. The second-order valence-electron chi connectivity index (χ2n) is 6.37. The molecule has 10 heteroatoms. The molecule has 29 heavy (non-hydrogen) atoms. The van der Waals surface area contributed by atoms with E-state index in [4.69, 9.17) is 0 Å². The van der Waals surface area contributed by atoms with Gasteiger partial charge in [0.2, 0.25) is 17.7 Å². The Morgan fingerprint density at radius 2 is 1.90 bits per heavy atom. The normalized spacial score (nSPS) is 16.1. The Morgan fingerprint density at radius 3 is 2.62 bits per heavy atom. The fourth-order valence-electron chi connectivity index (χ4n) is 2.91. The Morgan fingerprint density at radius 1 is 1.14 bits per heavy atom. The maximum atomic E-state index is 13.6. The number of nitrogens with one attached hydrogen (secondary N) is 2. The van der Waals surface area contributed by atoms with Crippen LogP contribution in [0.1, 0.15) is 6.42 Å². The highest BCUT2D eigenvalue weighted by Gasteiger charge is 2.35. The highest BCUT2D eigenvalue weighted by Crippen LogP contribution is 2.27. The lowest BCUT2D eigenvalue weighted by atomic mass is 10.1. The minimum absolute atomic E-state index is 0.0161. The third-order valence-electron chi connectivity index (χ3n) is 4.35. The maximum Gasteiger partial charge on any atom is 0.243 e. The van der Waals surface area contributed by atoms with Crippen molar-refractivity contribution in [2.24, 2.45) is 5.92 Å². The Hall–Kier alpha value is -2.88. The average molecular weight is 470 g/mol. The van der Waals surface area contributed by atoms with E-state index in [0.717, 1.165) is 10.5 Å². The van der Waals surface area contributed by atoms with Crippen molar-refractivity contribution < 1.29 is 27.6 Å². The molecule has 0 aromatic heterocycles. The van der Waals surface area contributed by atoms with Gasteiger partial charge in [0.15, 0.2) is 17.5 Å². The molecule has 0 bridgehead atoms. The number of nitrogens with zero attached hydrogens (tertiary/aromatic N) is 1. The maximum absolute atomic E-state index is 13.6. The molecule has 3 amide bonds. The first kappa shape index (κ1) is 20.8. The Labute approximate surface area is 172 Å². The smallest absolute Gasteiger partial charge is 0.243 e. The predicted molar refractivity (Wildman–Crippen MR) is 103 cm³/mol. The zero-order valence-electron chi connectivity index (χ0n) is 14.8. The summed E-state index contributed by atoms with van der Waals surface area (Å²) in [5.41, 5.74) is 0.103. The molecule has 2 aromatic rings. The van der Waals surface area contributed by atoms with E-state index in [1.54, 1.807) is 18.2 Å². The number of halogens is 4. The van der Waals surface area contributed by atoms with Crippen molar-refractivity contribution in [1.82, 2.24) is 5.32 Å². The van der Waals surface area contributed by atoms with Crippen molar-refractivity contribution in [3.05, 3.63) is 58.3 Å². The second-order valence-corrected chi connectivity index (χ2v) is 7.29. The zero-order valence-corrected chi connectivity index (χ0v) is 16.4. The van der Waals surface area contributed by atoms with E-state index >= 15 is 0 Å². The summed E-state index contributed by atoms with van der Waals surface area (Å²) in [5.74, 6) is -6.84. The van der Waals surface area contributed by atoms with Crippen molar-refractivity contribution >= 4 is 45.0 Å². The van der Waals surface area contributed by atoms with Gasteiger partial charge < -0.3 is 15.5 Å². The van der Waals surface area contributed by atoms with Gasteiger partial charge in [-0.2, -0.15) is 0 Å². The van der Waals surface area contributed by atoms with Crippen molar-refractivity contribution in [2.45, 2.75) is 6.42 Å². The molecule has 1 aliphatic heterocycles. The molecular weight excluding hydrogens is 455 g/mol. The Kier molecular flexibility index (Phi) is 6.21. The van der Waals surface area contributed by atoms with E-state index < -0.39 is 47.4 Å². The van der Waals surface area contributed by atoms with Gasteiger partial charge in [-0.1, -0.05) is 22.0 Å². The molecule has 0 spiro atoms. The minimum atomic E-state index is -1.70. The minimum Gasteiger partial charge on any atom is -0.347 e. The van der Waals surface area contributed by atoms with Gasteiger partial charge >= 0.3 is 0 Å². The molecule has 0 radical (unpaired) electrons. The summed E-state index contributed by atoms with van der Waals surface area (Å²) >= 11 is 3.32. The van der Waals surface area contributed by atoms with Crippen LogP contribution in [0.3, 0.4) is 0 Å². The number of carbonyl (C=O) groups is 3. The SMILES string of the molecule is O=C(CNC(=O)C1CC(=O)N(c2cccc(Br)c2)C1)Nc1ccc(F)c(F)c1F. The molecule has 1 aliphatic rings. The average Bonchev–Trinajstić information content (AvgIpc) is 3.08. The highest BCUT2D eigenvalue weighted by atomic mass is 79.9. The summed E-state index contributed by atoms with van der Waals surface area (Å²) in [6.07, 6.45) is -0.0161. The summed E-state index contributed by atoms with van der Waals surface area (Å²) in [5, 5.41) is 4.42. The van der Waals surface area contributed by atoms with Gasteiger partial charge in [0, 0.05) is 23.1 Å². The lowest BCUT2D eigenvalue weighted by Gasteiger charge is -2.17. The number of rotatable bonds is 5. The van der Waals surface area contributed by atoms with E-state index in [0.29, 0.717) is 11.8 Å². The van der Waals surface area contributed by atoms with Crippen LogP contribution in [0, 0.1) is 23.4 Å². The van der Waals surface area contributed by atoms with E-state index in [1.165, 1.54) is 4.90 Å². The number of hydrogen-bond donors (Lipinski definition) is 2. The van der Waals surface area contributed by atoms with Gasteiger partial charge in [0.05, 0.1) is 18.2 Å². The zero-order chi connectivity index (χ0) is 21.1. The molecule has 0 saturated carbocycles. The summed E-state index contributed by atoms with van der Waals surface area (Å²) in [6.45, 7) is -0.362. The molecule has 3 rings (SSSR count). The van der Waals surface area contributed by atoms with Crippen LogP contribution in [-0.2, 0) is 14.4 Å².